The SMILES string of the molecule is C=NC(=O)Cc1ccc2c(cnn2-n2c(C)cnc(NCCc3ccccc3)c2=O)c1. The number of aliphatic imine (C=N–C) groups is 1. The first-order valence-electron chi connectivity index (χ1n) is 9.90. The topological polar surface area (TPSA) is 94.2 Å². The zero-order valence-electron chi connectivity index (χ0n) is 17.2. The van der Waals surface area contributed by atoms with E-state index in [0.717, 1.165) is 22.9 Å². The molecule has 0 aliphatic heterocycles. The van der Waals surface area contributed by atoms with Gasteiger partial charge in [-0.15, -0.1) is 0 Å². The highest BCUT2D eigenvalue weighted by Crippen LogP contribution is 2.17. The molecule has 0 unspecified atom stereocenters. The molecule has 4 aromatic rings. The van der Waals surface area contributed by atoms with Gasteiger partial charge in [-0.25, -0.2) is 9.98 Å². The van der Waals surface area contributed by atoms with Gasteiger partial charge in [-0.1, -0.05) is 36.4 Å². The number of fused-ring (bicyclic) bond motifs is 1. The Hall–Kier alpha value is -4.07. The summed E-state index contributed by atoms with van der Waals surface area (Å²) in [5.41, 5.74) is 3.11. The smallest absolute Gasteiger partial charge is 0.313 e. The normalized spacial score (nSPS) is 10.9. The maximum absolute atomic E-state index is 13.1. The Balaban J connectivity index is 1.62. The minimum absolute atomic E-state index is 0.175. The van der Waals surface area contributed by atoms with E-state index in [1.807, 2.05) is 48.5 Å². The molecular weight excluding hydrogens is 392 g/mol. The number of aryl methyl sites for hydroxylation is 1. The van der Waals surface area contributed by atoms with E-state index < -0.39 is 0 Å². The van der Waals surface area contributed by atoms with Crippen molar-refractivity contribution in [2.24, 2.45) is 4.99 Å². The highest BCUT2D eigenvalue weighted by Gasteiger charge is 2.13. The first kappa shape index (κ1) is 20.2. The average Bonchev–Trinajstić information content (AvgIpc) is 3.19. The highest BCUT2D eigenvalue weighted by atomic mass is 16.1. The highest BCUT2D eigenvalue weighted by molar-refractivity contribution is 5.85. The third-order valence-corrected chi connectivity index (χ3v) is 4.99. The molecule has 0 saturated heterocycles. The number of hydrogen-bond donors (Lipinski definition) is 1. The molecule has 4 rings (SSSR count). The molecule has 8 nitrogen and oxygen atoms in total. The minimum Gasteiger partial charge on any atom is -0.365 e. The van der Waals surface area contributed by atoms with Gasteiger partial charge >= 0.3 is 5.56 Å². The molecule has 0 aliphatic rings. The van der Waals surface area contributed by atoms with Gasteiger partial charge in [0.1, 0.15) is 0 Å². The Morgan fingerprint density at radius 2 is 1.94 bits per heavy atom. The van der Waals surface area contributed by atoms with Gasteiger partial charge in [-0.3, -0.25) is 9.59 Å². The summed E-state index contributed by atoms with van der Waals surface area (Å²) in [5.74, 6) is -0.0244. The first-order chi connectivity index (χ1) is 15.1. The number of hydrogen-bond acceptors (Lipinski definition) is 5. The standard InChI is InChI=1S/C23H22N6O2/c1-16-14-26-22(25-11-10-17-6-4-3-5-7-17)23(31)28(16)29-20-9-8-18(13-21(30)24-2)12-19(20)15-27-29/h3-9,12,14-15H,2,10-11,13H2,1H3,(H,25,26). The lowest BCUT2D eigenvalue weighted by molar-refractivity contribution is -0.117. The number of aromatic nitrogens is 4. The zero-order valence-corrected chi connectivity index (χ0v) is 17.2. The van der Waals surface area contributed by atoms with Gasteiger partial charge in [0, 0.05) is 11.9 Å². The van der Waals surface area contributed by atoms with Crippen molar-refractivity contribution >= 4 is 29.3 Å². The van der Waals surface area contributed by atoms with Crippen LogP contribution in [0.4, 0.5) is 5.82 Å². The van der Waals surface area contributed by atoms with Crippen molar-refractivity contribution in [3.05, 3.63) is 88.1 Å². The number of rotatable bonds is 7. The van der Waals surface area contributed by atoms with Crippen molar-refractivity contribution in [1.29, 1.82) is 0 Å². The number of carbonyl (C=O) groups is 1. The number of carbonyl (C=O) groups excluding carboxylic acids is 1. The molecule has 1 N–H and O–H groups in total. The molecule has 0 radical (unpaired) electrons. The molecule has 0 saturated carbocycles. The summed E-state index contributed by atoms with van der Waals surface area (Å²) in [6.07, 6.45) is 4.26. The summed E-state index contributed by atoms with van der Waals surface area (Å²) >= 11 is 0. The fourth-order valence-electron chi connectivity index (χ4n) is 3.42. The fourth-order valence-corrected chi connectivity index (χ4v) is 3.42. The van der Waals surface area contributed by atoms with Crippen LogP contribution in [0.15, 0.2) is 70.7 Å². The van der Waals surface area contributed by atoms with Crippen LogP contribution in [0.25, 0.3) is 10.9 Å². The molecule has 2 heterocycles. The van der Waals surface area contributed by atoms with Crippen molar-refractivity contribution in [1.82, 2.24) is 19.5 Å². The summed E-state index contributed by atoms with van der Waals surface area (Å²) in [7, 11) is 0. The van der Waals surface area contributed by atoms with E-state index in [1.54, 1.807) is 24.1 Å². The lowest BCUT2D eigenvalue weighted by Gasteiger charge is -2.13. The molecular formula is C23H22N6O2. The molecule has 1 amide bonds. The predicted octanol–water partition coefficient (Wildman–Crippen LogP) is 2.64. The van der Waals surface area contributed by atoms with E-state index in [-0.39, 0.29) is 23.7 Å². The van der Waals surface area contributed by atoms with Crippen LogP contribution in [0, 0.1) is 6.92 Å². The van der Waals surface area contributed by atoms with Crippen LogP contribution < -0.4 is 10.9 Å². The monoisotopic (exact) mass is 414 g/mol. The molecule has 0 aliphatic carbocycles. The zero-order chi connectivity index (χ0) is 21.8. The molecule has 8 heteroatoms. The van der Waals surface area contributed by atoms with Gasteiger partial charge in [0.2, 0.25) is 5.91 Å². The third kappa shape index (κ3) is 4.28. The lowest BCUT2D eigenvalue weighted by Crippen LogP contribution is -2.32. The maximum atomic E-state index is 13.1. The van der Waals surface area contributed by atoms with E-state index in [1.165, 1.54) is 10.2 Å². The molecule has 156 valence electrons. The molecule has 31 heavy (non-hydrogen) atoms. The fraction of sp³-hybridized carbons (Fsp3) is 0.174. The van der Waals surface area contributed by atoms with Crippen molar-refractivity contribution in [2.45, 2.75) is 19.8 Å². The Labute approximate surface area is 178 Å². The van der Waals surface area contributed by atoms with Crippen LogP contribution in [-0.4, -0.2) is 38.7 Å². The summed E-state index contributed by atoms with van der Waals surface area (Å²) in [6, 6.07) is 15.6. The number of benzene rings is 2. The molecule has 2 aromatic carbocycles. The number of nitrogens with zero attached hydrogens (tertiary/aromatic N) is 5. The summed E-state index contributed by atoms with van der Waals surface area (Å²) in [6.45, 7) is 5.65. The van der Waals surface area contributed by atoms with E-state index in [0.29, 0.717) is 12.2 Å². The second kappa shape index (κ2) is 8.74. The van der Waals surface area contributed by atoms with E-state index in [9.17, 15) is 9.59 Å². The molecule has 0 bridgehead atoms. The summed E-state index contributed by atoms with van der Waals surface area (Å²) < 4.78 is 1.48. The van der Waals surface area contributed by atoms with Gasteiger partial charge in [0.15, 0.2) is 5.82 Å². The average molecular weight is 414 g/mol. The Kier molecular flexibility index (Phi) is 5.70. The molecule has 0 fully saturated rings. The van der Waals surface area contributed by atoms with Gasteiger partial charge in [-0.2, -0.15) is 14.6 Å². The van der Waals surface area contributed by atoms with E-state index in [2.05, 4.69) is 27.1 Å². The number of anilines is 1. The van der Waals surface area contributed by atoms with Crippen LogP contribution in [0.5, 0.6) is 0 Å². The van der Waals surface area contributed by atoms with Crippen LogP contribution in [0.3, 0.4) is 0 Å². The Morgan fingerprint density at radius 3 is 2.71 bits per heavy atom. The Morgan fingerprint density at radius 1 is 1.13 bits per heavy atom. The van der Waals surface area contributed by atoms with Crippen molar-refractivity contribution in [3.8, 4) is 0 Å². The lowest BCUT2D eigenvalue weighted by atomic mass is 10.1. The minimum atomic E-state index is -0.292. The molecule has 2 aromatic heterocycles. The van der Waals surface area contributed by atoms with E-state index >= 15 is 0 Å². The molecule has 0 atom stereocenters. The second-order valence-corrected chi connectivity index (χ2v) is 7.18. The summed E-state index contributed by atoms with van der Waals surface area (Å²) in [5, 5.41) is 8.35. The predicted molar refractivity (Wildman–Crippen MR) is 121 cm³/mol. The van der Waals surface area contributed by atoms with Crippen LogP contribution in [0.1, 0.15) is 16.8 Å². The summed E-state index contributed by atoms with van der Waals surface area (Å²) in [4.78, 5) is 33.9. The maximum Gasteiger partial charge on any atom is 0.313 e. The number of amides is 1. The van der Waals surface area contributed by atoms with Crippen LogP contribution in [-0.2, 0) is 17.6 Å². The largest absolute Gasteiger partial charge is 0.365 e. The van der Waals surface area contributed by atoms with Crippen molar-refractivity contribution in [3.63, 3.8) is 0 Å². The van der Waals surface area contributed by atoms with Gasteiger partial charge < -0.3 is 5.32 Å². The van der Waals surface area contributed by atoms with Gasteiger partial charge in [0.05, 0.1) is 30.0 Å². The van der Waals surface area contributed by atoms with Crippen molar-refractivity contribution < 1.29 is 4.79 Å². The van der Waals surface area contributed by atoms with Crippen LogP contribution in [0.2, 0.25) is 0 Å². The second-order valence-electron chi connectivity index (χ2n) is 7.18. The van der Waals surface area contributed by atoms with Crippen LogP contribution >= 0.6 is 0 Å². The Bertz CT molecular complexity index is 1310. The molecule has 0 spiro atoms. The van der Waals surface area contributed by atoms with E-state index in [4.69, 9.17) is 0 Å². The van der Waals surface area contributed by atoms with Gasteiger partial charge in [-0.05, 0) is 43.3 Å². The third-order valence-electron chi connectivity index (χ3n) is 4.99. The van der Waals surface area contributed by atoms with Crippen molar-refractivity contribution in [2.75, 3.05) is 11.9 Å². The number of nitrogens with one attached hydrogen (secondary N) is 1. The van der Waals surface area contributed by atoms with Gasteiger partial charge in [0.25, 0.3) is 0 Å². The quantitative estimate of drug-likeness (QED) is 0.469. The first-order valence-corrected chi connectivity index (χ1v) is 9.90.